The van der Waals surface area contributed by atoms with Crippen LogP contribution in [0.1, 0.15) is 43.6 Å². The van der Waals surface area contributed by atoms with Gasteiger partial charge in [0.15, 0.2) is 0 Å². The lowest BCUT2D eigenvalue weighted by Gasteiger charge is -2.21. The molecule has 1 fully saturated rings. The molecule has 1 unspecified atom stereocenters. The van der Waals surface area contributed by atoms with Gasteiger partial charge in [-0.05, 0) is 18.4 Å². The molecule has 1 aromatic carbocycles. The van der Waals surface area contributed by atoms with Crippen LogP contribution in [-0.2, 0) is 9.59 Å². The zero-order valence-electron chi connectivity index (χ0n) is 11.2. The fourth-order valence-electron chi connectivity index (χ4n) is 2.49. The third kappa shape index (κ3) is 3.76. The summed E-state index contributed by atoms with van der Waals surface area (Å²) in [6.07, 6.45) is 5.46. The molecule has 20 heavy (non-hydrogen) atoms. The summed E-state index contributed by atoms with van der Waals surface area (Å²) in [4.78, 5) is 34.6. The molecule has 0 heterocycles. The van der Waals surface area contributed by atoms with Gasteiger partial charge in [0.25, 0.3) is 0 Å². The monoisotopic (exact) mass is 291 g/mol. The molecule has 0 aromatic heterocycles. The fraction of sp³-hybridized carbons (Fsp3) is 0.467. The van der Waals surface area contributed by atoms with Crippen LogP contribution in [0.2, 0.25) is 0 Å². The highest BCUT2D eigenvalue weighted by atomic mass is 32.2. The van der Waals surface area contributed by atoms with Gasteiger partial charge in [0.1, 0.15) is 5.92 Å². The molecule has 1 aliphatic carbocycles. The van der Waals surface area contributed by atoms with E-state index in [1.54, 1.807) is 30.3 Å². The Balaban J connectivity index is 2.12. The van der Waals surface area contributed by atoms with Gasteiger partial charge in [0, 0.05) is 10.4 Å². The summed E-state index contributed by atoms with van der Waals surface area (Å²) in [5.74, 6) is -1.95. The van der Waals surface area contributed by atoms with E-state index in [2.05, 4.69) is 5.18 Å². The second-order valence-electron chi connectivity index (χ2n) is 4.97. The maximum absolute atomic E-state index is 12.4. The minimum Gasteiger partial charge on any atom is -0.286 e. The van der Waals surface area contributed by atoms with E-state index in [4.69, 9.17) is 0 Å². The average molecular weight is 291 g/mol. The van der Waals surface area contributed by atoms with Crippen LogP contribution < -0.4 is 0 Å². The van der Waals surface area contributed by atoms with Gasteiger partial charge in [0.05, 0.1) is 0 Å². The van der Waals surface area contributed by atoms with Crippen molar-refractivity contribution in [1.82, 2.24) is 0 Å². The van der Waals surface area contributed by atoms with E-state index in [0.717, 1.165) is 25.7 Å². The molecule has 2 rings (SSSR count). The maximum atomic E-state index is 12.4. The van der Waals surface area contributed by atoms with E-state index < -0.39 is 11.8 Å². The highest BCUT2D eigenvalue weighted by Crippen LogP contribution is 2.33. The number of amides is 1. The molecule has 1 saturated carbocycles. The molecule has 0 spiro atoms. The Kier molecular flexibility index (Phi) is 5.47. The van der Waals surface area contributed by atoms with Crippen molar-refractivity contribution >= 4 is 22.8 Å². The normalized spacial score (nSPS) is 17.4. The highest BCUT2D eigenvalue weighted by molar-refractivity contribution is 8.14. The molecule has 0 bridgehead atoms. The molecule has 1 aliphatic rings. The van der Waals surface area contributed by atoms with Gasteiger partial charge in [-0.3, -0.25) is 9.59 Å². The second kappa shape index (κ2) is 7.33. The Bertz CT molecular complexity index is 483. The van der Waals surface area contributed by atoms with E-state index in [9.17, 15) is 14.5 Å². The summed E-state index contributed by atoms with van der Waals surface area (Å²) in [6, 6.07) is 8.68. The molecule has 1 atom stereocenters. The first kappa shape index (κ1) is 14.9. The first-order chi connectivity index (χ1) is 9.72. The Labute approximate surface area is 122 Å². The van der Waals surface area contributed by atoms with Crippen molar-refractivity contribution in [2.24, 2.45) is 5.18 Å². The Morgan fingerprint density at radius 2 is 1.75 bits per heavy atom. The summed E-state index contributed by atoms with van der Waals surface area (Å²) in [7, 11) is 0. The van der Waals surface area contributed by atoms with Gasteiger partial charge in [-0.15, -0.1) is 4.91 Å². The number of thioether (sulfide) groups is 1. The lowest BCUT2D eigenvalue weighted by molar-refractivity contribution is -0.124. The van der Waals surface area contributed by atoms with Crippen molar-refractivity contribution in [3.8, 4) is 0 Å². The van der Waals surface area contributed by atoms with Crippen LogP contribution in [0, 0.1) is 4.91 Å². The molecular formula is C15H17NO3S. The highest BCUT2D eigenvalue weighted by Gasteiger charge is 2.31. The van der Waals surface area contributed by atoms with Crippen LogP contribution in [0.5, 0.6) is 0 Å². The standard InChI is InChI=1S/C15H17NO3S/c17-14(16-19)13(11-7-3-1-4-8-11)15(18)20-12-9-5-2-6-10-12/h1,3-4,7-8,12-13H,2,5-6,9-10H2. The van der Waals surface area contributed by atoms with Crippen LogP contribution in [0.15, 0.2) is 35.5 Å². The van der Waals surface area contributed by atoms with Crippen molar-refractivity contribution in [2.75, 3.05) is 0 Å². The minimum absolute atomic E-state index is 0.257. The zero-order chi connectivity index (χ0) is 14.4. The largest absolute Gasteiger partial charge is 0.302 e. The number of rotatable bonds is 4. The van der Waals surface area contributed by atoms with Crippen LogP contribution in [0.3, 0.4) is 0 Å². The summed E-state index contributed by atoms with van der Waals surface area (Å²) in [5, 5.41) is 2.47. The molecule has 0 saturated heterocycles. The number of nitrogens with zero attached hydrogens (tertiary/aromatic N) is 1. The van der Waals surface area contributed by atoms with E-state index in [1.165, 1.54) is 18.2 Å². The number of hydrogen-bond donors (Lipinski definition) is 0. The number of hydrogen-bond acceptors (Lipinski definition) is 4. The van der Waals surface area contributed by atoms with Crippen LogP contribution in [-0.4, -0.2) is 16.3 Å². The molecule has 5 heteroatoms. The lowest BCUT2D eigenvalue weighted by Crippen LogP contribution is -2.21. The van der Waals surface area contributed by atoms with E-state index in [1.807, 2.05) is 0 Å². The van der Waals surface area contributed by atoms with Gasteiger partial charge < -0.3 is 0 Å². The topological polar surface area (TPSA) is 63.6 Å². The van der Waals surface area contributed by atoms with Gasteiger partial charge in [-0.2, -0.15) is 0 Å². The lowest BCUT2D eigenvalue weighted by atomic mass is 10.00. The molecular weight excluding hydrogens is 274 g/mol. The predicted molar refractivity (Wildman–Crippen MR) is 79.5 cm³/mol. The van der Waals surface area contributed by atoms with Gasteiger partial charge in [0.2, 0.25) is 5.12 Å². The molecule has 1 amide bonds. The molecule has 106 valence electrons. The summed E-state index contributed by atoms with van der Waals surface area (Å²) < 4.78 is 0. The molecule has 0 N–H and O–H groups in total. The van der Waals surface area contributed by atoms with Crippen molar-refractivity contribution in [3.63, 3.8) is 0 Å². The first-order valence-corrected chi connectivity index (χ1v) is 7.73. The number of carbonyl (C=O) groups is 2. The SMILES string of the molecule is O=NC(=O)C(C(=O)SC1CCCCC1)c1ccccc1. The third-order valence-electron chi connectivity index (χ3n) is 3.54. The Morgan fingerprint density at radius 1 is 1.10 bits per heavy atom. The molecule has 1 aromatic rings. The second-order valence-corrected chi connectivity index (χ2v) is 6.27. The van der Waals surface area contributed by atoms with Crippen molar-refractivity contribution < 1.29 is 9.59 Å². The van der Waals surface area contributed by atoms with E-state index in [-0.39, 0.29) is 10.4 Å². The number of nitroso groups, excluding NO2 is 1. The number of benzene rings is 1. The van der Waals surface area contributed by atoms with E-state index in [0.29, 0.717) is 5.56 Å². The molecule has 0 radical (unpaired) electrons. The van der Waals surface area contributed by atoms with Crippen molar-refractivity contribution in [1.29, 1.82) is 0 Å². The van der Waals surface area contributed by atoms with Gasteiger partial charge in [-0.25, -0.2) is 0 Å². The van der Waals surface area contributed by atoms with Crippen LogP contribution in [0.4, 0.5) is 0 Å². The summed E-state index contributed by atoms with van der Waals surface area (Å²) in [6.45, 7) is 0. The quantitative estimate of drug-likeness (QED) is 0.627. The third-order valence-corrected chi connectivity index (χ3v) is 4.81. The Hall–Kier alpha value is -1.49. The van der Waals surface area contributed by atoms with Crippen LogP contribution >= 0.6 is 11.8 Å². The fourth-order valence-corrected chi connectivity index (χ4v) is 3.76. The van der Waals surface area contributed by atoms with Gasteiger partial charge >= 0.3 is 5.91 Å². The average Bonchev–Trinajstić information content (AvgIpc) is 2.49. The summed E-state index contributed by atoms with van der Waals surface area (Å²) in [5.41, 5.74) is 0.547. The maximum Gasteiger partial charge on any atom is 0.302 e. The van der Waals surface area contributed by atoms with Gasteiger partial charge in [-0.1, -0.05) is 61.4 Å². The minimum atomic E-state index is -1.05. The van der Waals surface area contributed by atoms with Crippen LogP contribution in [0.25, 0.3) is 0 Å². The van der Waals surface area contributed by atoms with Crippen molar-refractivity contribution in [2.45, 2.75) is 43.3 Å². The molecule has 4 nitrogen and oxygen atoms in total. The number of carbonyl (C=O) groups excluding carboxylic acids is 2. The van der Waals surface area contributed by atoms with Crippen molar-refractivity contribution in [3.05, 3.63) is 40.8 Å². The zero-order valence-corrected chi connectivity index (χ0v) is 12.0. The van der Waals surface area contributed by atoms with E-state index >= 15 is 0 Å². The summed E-state index contributed by atoms with van der Waals surface area (Å²) >= 11 is 1.21. The molecule has 0 aliphatic heterocycles. The Morgan fingerprint density at radius 3 is 2.35 bits per heavy atom. The first-order valence-electron chi connectivity index (χ1n) is 6.85. The smallest absolute Gasteiger partial charge is 0.286 e. The predicted octanol–water partition coefficient (Wildman–Crippen LogP) is 3.66.